The molecule has 1 unspecified atom stereocenters. The highest BCUT2D eigenvalue weighted by atomic mass is 32.1. The summed E-state index contributed by atoms with van der Waals surface area (Å²) in [5, 5.41) is 18.4. The molecule has 1 N–H and O–H groups in total. The molecule has 0 saturated carbocycles. The molecule has 0 amide bonds. The van der Waals surface area contributed by atoms with E-state index < -0.39 is 11.9 Å². The molecule has 0 bridgehead atoms. The summed E-state index contributed by atoms with van der Waals surface area (Å²) in [5.41, 5.74) is 0. The SMILES string of the molecule is CCN(CC(C)C(=O)O)c1nnc(C)s1. The van der Waals surface area contributed by atoms with Crippen LogP contribution in [0.2, 0.25) is 0 Å². The first-order chi connectivity index (χ1) is 7.04. The van der Waals surface area contributed by atoms with E-state index in [2.05, 4.69) is 10.2 Å². The number of hydrogen-bond donors (Lipinski definition) is 1. The number of carbonyl (C=O) groups is 1. The molecule has 6 heteroatoms. The molecule has 0 aliphatic carbocycles. The van der Waals surface area contributed by atoms with Crippen LogP contribution in [0, 0.1) is 12.8 Å². The van der Waals surface area contributed by atoms with Gasteiger partial charge in [-0.1, -0.05) is 18.3 Å². The summed E-state index contributed by atoms with van der Waals surface area (Å²) in [6, 6.07) is 0. The minimum atomic E-state index is -0.783. The van der Waals surface area contributed by atoms with Gasteiger partial charge in [0.1, 0.15) is 5.01 Å². The normalized spacial score (nSPS) is 12.5. The molecule has 0 saturated heterocycles. The number of anilines is 1. The van der Waals surface area contributed by atoms with Gasteiger partial charge in [0.25, 0.3) is 0 Å². The van der Waals surface area contributed by atoms with Crippen LogP contribution < -0.4 is 4.90 Å². The van der Waals surface area contributed by atoms with Crippen molar-refractivity contribution in [1.82, 2.24) is 10.2 Å². The van der Waals surface area contributed by atoms with E-state index in [0.717, 1.165) is 16.7 Å². The van der Waals surface area contributed by atoms with Gasteiger partial charge in [0, 0.05) is 13.1 Å². The molecule has 0 aromatic carbocycles. The van der Waals surface area contributed by atoms with Gasteiger partial charge in [0.05, 0.1) is 5.92 Å². The second kappa shape index (κ2) is 5.06. The predicted octanol–water partition coefficient (Wildman–Crippen LogP) is 1.39. The number of aryl methyl sites for hydroxylation is 1. The summed E-state index contributed by atoms with van der Waals surface area (Å²) in [7, 11) is 0. The maximum Gasteiger partial charge on any atom is 0.308 e. The van der Waals surface area contributed by atoms with Gasteiger partial charge < -0.3 is 10.0 Å². The molecule has 5 nitrogen and oxygen atoms in total. The molecule has 1 aromatic rings. The van der Waals surface area contributed by atoms with E-state index >= 15 is 0 Å². The lowest BCUT2D eigenvalue weighted by atomic mass is 10.2. The first-order valence-electron chi connectivity index (χ1n) is 4.82. The van der Waals surface area contributed by atoms with Gasteiger partial charge in [-0.2, -0.15) is 0 Å². The maximum atomic E-state index is 10.7. The topological polar surface area (TPSA) is 66.3 Å². The van der Waals surface area contributed by atoms with Gasteiger partial charge in [0.2, 0.25) is 5.13 Å². The molecule has 1 atom stereocenters. The van der Waals surface area contributed by atoms with Gasteiger partial charge in [-0.15, -0.1) is 10.2 Å². The highest BCUT2D eigenvalue weighted by Gasteiger charge is 2.17. The summed E-state index contributed by atoms with van der Waals surface area (Å²) in [5.74, 6) is -1.18. The van der Waals surface area contributed by atoms with Gasteiger partial charge in [-0.05, 0) is 13.8 Å². The Bertz CT molecular complexity index is 340. The zero-order valence-electron chi connectivity index (χ0n) is 9.10. The number of nitrogens with zero attached hydrogens (tertiary/aromatic N) is 3. The van der Waals surface area contributed by atoms with E-state index in [-0.39, 0.29) is 0 Å². The largest absolute Gasteiger partial charge is 0.481 e. The first-order valence-corrected chi connectivity index (χ1v) is 5.64. The van der Waals surface area contributed by atoms with Crippen molar-refractivity contribution in [3.05, 3.63) is 5.01 Å². The van der Waals surface area contributed by atoms with Crippen LogP contribution >= 0.6 is 11.3 Å². The Kier molecular flexibility index (Phi) is 4.02. The molecule has 0 aliphatic heterocycles. The number of aliphatic carboxylic acids is 1. The molecular weight excluding hydrogens is 214 g/mol. The molecule has 0 spiro atoms. The van der Waals surface area contributed by atoms with Gasteiger partial charge in [-0.25, -0.2) is 0 Å². The Morgan fingerprint density at radius 2 is 2.27 bits per heavy atom. The molecule has 1 aromatic heterocycles. The summed E-state index contributed by atoms with van der Waals surface area (Å²) < 4.78 is 0. The molecule has 15 heavy (non-hydrogen) atoms. The Balaban J connectivity index is 2.68. The van der Waals surface area contributed by atoms with Gasteiger partial charge >= 0.3 is 5.97 Å². The number of rotatable bonds is 5. The van der Waals surface area contributed by atoms with Crippen LogP contribution in [0.3, 0.4) is 0 Å². The Labute approximate surface area is 92.7 Å². The van der Waals surface area contributed by atoms with Crippen molar-refractivity contribution in [3.63, 3.8) is 0 Å². The van der Waals surface area contributed by atoms with Crippen LogP contribution in [0.4, 0.5) is 5.13 Å². The molecule has 84 valence electrons. The van der Waals surface area contributed by atoms with E-state index in [1.54, 1.807) is 6.92 Å². The van der Waals surface area contributed by atoms with Crippen LogP contribution in [0.1, 0.15) is 18.9 Å². The van der Waals surface area contributed by atoms with Crippen LogP contribution in [0.25, 0.3) is 0 Å². The zero-order valence-corrected chi connectivity index (χ0v) is 9.91. The van der Waals surface area contributed by atoms with Crippen LogP contribution in [0.5, 0.6) is 0 Å². The lowest BCUT2D eigenvalue weighted by molar-refractivity contribution is -0.140. The fourth-order valence-electron chi connectivity index (χ4n) is 1.17. The summed E-state index contributed by atoms with van der Waals surface area (Å²) in [4.78, 5) is 12.7. The lowest BCUT2D eigenvalue weighted by Gasteiger charge is -2.21. The quantitative estimate of drug-likeness (QED) is 0.826. The standard InChI is InChI=1S/C9H15N3O2S/c1-4-12(5-6(2)8(13)14)9-11-10-7(3)15-9/h6H,4-5H2,1-3H3,(H,13,14). The predicted molar refractivity (Wildman–Crippen MR) is 59.3 cm³/mol. The van der Waals surface area contributed by atoms with E-state index in [9.17, 15) is 4.79 Å². The monoisotopic (exact) mass is 229 g/mol. The third kappa shape index (κ3) is 3.16. The van der Waals surface area contributed by atoms with Crippen molar-refractivity contribution in [2.45, 2.75) is 20.8 Å². The third-order valence-electron chi connectivity index (χ3n) is 2.08. The minimum absolute atomic E-state index is 0.394. The Morgan fingerprint density at radius 3 is 2.67 bits per heavy atom. The number of hydrogen-bond acceptors (Lipinski definition) is 5. The number of carboxylic acids is 1. The van der Waals surface area contributed by atoms with Crippen molar-refractivity contribution in [3.8, 4) is 0 Å². The average molecular weight is 229 g/mol. The van der Waals surface area contributed by atoms with Crippen molar-refractivity contribution in [1.29, 1.82) is 0 Å². The molecule has 1 heterocycles. The van der Waals surface area contributed by atoms with E-state index in [4.69, 9.17) is 5.11 Å². The van der Waals surface area contributed by atoms with E-state index in [1.165, 1.54) is 11.3 Å². The van der Waals surface area contributed by atoms with Crippen molar-refractivity contribution >= 4 is 22.4 Å². The van der Waals surface area contributed by atoms with E-state index in [1.807, 2.05) is 18.7 Å². The lowest BCUT2D eigenvalue weighted by Crippen LogP contribution is -2.31. The molecule has 0 radical (unpaired) electrons. The smallest absolute Gasteiger partial charge is 0.308 e. The molecule has 0 aliphatic rings. The average Bonchev–Trinajstić information content (AvgIpc) is 2.60. The van der Waals surface area contributed by atoms with Crippen LogP contribution in [-0.4, -0.2) is 34.4 Å². The second-order valence-corrected chi connectivity index (χ2v) is 4.54. The minimum Gasteiger partial charge on any atom is -0.481 e. The van der Waals surface area contributed by atoms with Crippen molar-refractivity contribution in [2.24, 2.45) is 5.92 Å². The fourth-order valence-corrected chi connectivity index (χ4v) is 1.93. The Morgan fingerprint density at radius 1 is 1.60 bits per heavy atom. The molecule has 0 fully saturated rings. The summed E-state index contributed by atoms with van der Waals surface area (Å²) >= 11 is 1.48. The first kappa shape index (κ1) is 11.9. The zero-order chi connectivity index (χ0) is 11.4. The number of aromatic nitrogens is 2. The summed E-state index contributed by atoms with van der Waals surface area (Å²) in [6.45, 7) is 6.77. The third-order valence-corrected chi connectivity index (χ3v) is 2.98. The highest BCUT2D eigenvalue weighted by Crippen LogP contribution is 2.20. The molecular formula is C9H15N3O2S. The van der Waals surface area contributed by atoms with Crippen LogP contribution in [0.15, 0.2) is 0 Å². The summed E-state index contributed by atoms with van der Waals surface area (Å²) in [6.07, 6.45) is 0. The Hall–Kier alpha value is -1.17. The van der Waals surface area contributed by atoms with Gasteiger partial charge in [-0.3, -0.25) is 4.79 Å². The van der Waals surface area contributed by atoms with Crippen molar-refractivity contribution < 1.29 is 9.90 Å². The second-order valence-electron chi connectivity index (χ2n) is 3.38. The maximum absolute atomic E-state index is 10.7. The van der Waals surface area contributed by atoms with Crippen LogP contribution in [-0.2, 0) is 4.79 Å². The van der Waals surface area contributed by atoms with E-state index in [0.29, 0.717) is 6.54 Å². The molecule has 1 rings (SSSR count). The highest BCUT2D eigenvalue weighted by molar-refractivity contribution is 7.15. The fraction of sp³-hybridized carbons (Fsp3) is 0.667. The number of carboxylic acid groups (broad SMARTS) is 1. The van der Waals surface area contributed by atoms with Crippen molar-refractivity contribution in [2.75, 3.05) is 18.0 Å². The van der Waals surface area contributed by atoms with Gasteiger partial charge in [0.15, 0.2) is 0 Å².